The van der Waals surface area contributed by atoms with Crippen LogP contribution in [0.4, 0.5) is 5.69 Å². The smallest absolute Gasteiger partial charge is 0.200 e. The highest BCUT2D eigenvalue weighted by atomic mass is 32.1. The summed E-state index contributed by atoms with van der Waals surface area (Å²) in [6, 6.07) is 16.0. The van der Waals surface area contributed by atoms with Crippen LogP contribution in [0.3, 0.4) is 0 Å². The molecule has 0 amide bonds. The van der Waals surface area contributed by atoms with E-state index in [1.165, 1.54) is 0 Å². The molecule has 5 nitrogen and oxygen atoms in total. The second kappa shape index (κ2) is 9.15. The Morgan fingerprint density at radius 3 is 2.40 bits per heavy atom. The van der Waals surface area contributed by atoms with Crippen LogP contribution in [-0.2, 0) is 11.3 Å². The van der Waals surface area contributed by atoms with Gasteiger partial charge < -0.3 is 21.1 Å². The maximum absolute atomic E-state index is 5.96. The number of para-hydroxylation sites is 1. The van der Waals surface area contributed by atoms with Crippen molar-refractivity contribution in [2.24, 2.45) is 10.7 Å². The normalized spacial score (nSPS) is 12.5. The number of hydrogen-bond donors (Lipinski definition) is 3. The van der Waals surface area contributed by atoms with E-state index in [4.69, 9.17) is 22.7 Å². The minimum atomic E-state index is -0.274. The highest BCUT2D eigenvalue weighted by Crippen LogP contribution is 2.18. The van der Waals surface area contributed by atoms with E-state index in [0.717, 1.165) is 22.4 Å². The number of hydrogen-bond acceptors (Lipinski definition) is 2. The lowest BCUT2D eigenvalue weighted by atomic mass is 10.1. The number of aliphatic imine (C=N–C) groups is 1. The number of aryl methyl sites for hydroxylation is 2. The average molecular weight is 356 g/mol. The van der Waals surface area contributed by atoms with Crippen molar-refractivity contribution in [1.29, 1.82) is 0 Å². The van der Waals surface area contributed by atoms with Crippen molar-refractivity contribution < 1.29 is 4.74 Å². The number of thiocarbonyl (C=S) groups is 1. The molecule has 2 rings (SSSR count). The molecule has 0 aliphatic rings. The van der Waals surface area contributed by atoms with Gasteiger partial charge in [-0.1, -0.05) is 48.5 Å². The Morgan fingerprint density at radius 1 is 1.12 bits per heavy atom. The number of nitrogens with one attached hydrogen (secondary N) is 2. The monoisotopic (exact) mass is 356 g/mol. The zero-order valence-corrected chi connectivity index (χ0v) is 15.6. The summed E-state index contributed by atoms with van der Waals surface area (Å²) in [5.41, 5.74) is 10.2. The lowest BCUT2D eigenvalue weighted by Crippen LogP contribution is -2.35. The summed E-state index contributed by atoms with van der Waals surface area (Å²) >= 11 is 5.22. The number of nitrogens with zero attached hydrogens (tertiary/aromatic N) is 1. The topological polar surface area (TPSA) is 71.7 Å². The molecule has 0 radical (unpaired) electrons. The molecule has 25 heavy (non-hydrogen) atoms. The first-order chi connectivity index (χ1) is 12.0. The largest absolute Gasteiger partial charge is 0.369 e. The number of nitrogens with two attached hydrogens (primary N) is 1. The Labute approximate surface area is 154 Å². The van der Waals surface area contributed by atoms with Crippen molar-refractivity contribution in [3.05, 3.63) is 65.2 Å². The van der Waals surface area contributed by atoms with Gasteiger partial charge in [-0.05, 0) is 49.7 Å². The molecule has 6 heteroatoms. The number of ether oxygens (including phenoxy) is 1. The lowest BCUT2D eigenvalue weighted by Gasteiger charge is -2.16. The second-order valence-electron chi connectivity index (χ2n) is 5.78. The molecule has 0 fully saturated rings. The van der Waals surface area contributed by atoms with E-state index in [-0.39, 0.29) is 17.3 Å². The van der Waals surface area contributed by atoms with E-state index in [1.807, 2.05) is 69.3 Å². The van der Waals surface area contributed by atoms with E-state index in [1.54, 1.807) is 0 Å². The van der Waals surface area contributed by atoms with Crippen molar-refractivity contribution in [3.8, 4) is 0 Å². The van der Waals surface area contributed by atoms with Gasteiger partial charge in [0.1, 0.15) is 6.23 Å². The molecule has 2 aromatic carbocycles. The van der Waals surface area contributed by atoms with Gasteiger partial charge in [-0.3, -0.25) is 0 Å². The van der Waals surface area contributed by atoms with Crippen LogP contribution in [0.1, 0.15) is 23.6 Å². The zero-order valence-electron chi connectivity index (χ0n) is 14.7. The van der Waals surface area contributed by atoms with Crippen LogP contribution in [0.25, 0.3) is 0 Å². The maximum atomic E-state index is 5.96. The third-order valence-electron chi connectivity index (χ3n) is 3.63. The minimum Gasteiger partial charge on any atom is -0.369 e. The number of rotatable bonds is 5. The van der Waals surface area contributed by atoms with Gasteiger partial charge in [0.2, 0.25) is 5.96 Å². The Balaban J connectivity index is 1.86. The molecule has 0 aromatic heterocycles. The lowest BCUT2D eigenvalue weighted by molar-refractivity contribution is 0.0439. The van der Waals surface area contributed by atoms with E-state index in [2.05, 4.69) is 15.6 Å². The van der Waals surface area contributed by atoms with Crippen LogP contribution in [-0.4, -0.2) is 17.3 Å². The summed E-state index contributed by atoms with van der Waals surface area (Å²) < 4.78 is 5.71. The molecule has 0 saturated carbocycles. The van der Waals surface area contributed by atoms with Crippen LogP contribution in [0, 0.1) is 13.8 Å². The molecule has 1 unspecified atom stereocenters. The molecule has 0 aliphatic heterocycles. The van der Waals surface area contributed by atoms with Gasteiger partial charge in [-0.2, -0.15) is 4.99 Å². The molecule has 4 N–H and O–H groups in total. The molecule has 2 aromatic rings. The van der Waals surface area contributed by atoms with E-state index in [9.17, 15) is 0 Å². The van der Waals surface area contributed by atoms with Crippen molar-refractivity contribution in [2.45, 2.75) is 33.6 Å². The predicted molar refractivity (Wildman–Crippen MR) is 108 cm³/mol. The third kappa shape index (κ3) is 6.17. The van der Waals surface area contributed by atoms with Crippen molar-refractivity contribution in [3.63, 3.8) is 0 Å². The number of anilines is 1. The van der Waals surface area contributed by atoms with Crippen LogP contribution < -0.4 is 16.4 Å². The second-order valence-corrected chi connectivity index (χ2v) is 6.16. The summed E-state index contributed by atoms with van der Waals surface area (Å²) in [7, 11) is 0. The van der Waals surface area contributed by atoms with Crippen molar-refractivity contribution in [2.75, 3.05) is 5.32 Å². The van der Waals surface area contributed by atoms with Gasteiger partial charge in [-0.15, -0.1) is 0 Å². The molecule has 0 heterocycles. The molecule has 1 atom stereocenters. The van der Waals surface area contributed by atoms with Crippen LogP contribution in [0.15, 0.2) is 53.5 Å². The fraction of sp³-hybridized carbons (Fsp3) is 0.263. The van der Waals surface area contributed by atoms with Crippen LogP contribution in [0.2, 0.25) is 0 Å². The Morgan fingerprint density at radius 2 is 1.76 bits per heavy atom. The Hall–Kier alpha value is -2.44. The molecule has 132 valence electrons. The van der Waals surface area contributed by atoms with Crippen molar-refractivity contribution >= 4 is 29.0 Å². The SMILES string of the molecule is Cc1cccc(C)c1N/C(N)=N/C(=S)NC(C)OCc1ccccc1. The van der Waals surface area contributed by atoms with Gasteiger partial charge >= 0.3 is 0 Å². The summed E-state index contributed by atoms with van der Waals surface area (Å²) in [6.45, 7) is 6.40. The maximum Gasteiger partial charge on any atom is 0.200 e. The van der Waals surface area contributed by atoms with E-state index >= 15 is 0 Å². The molecular weight excluding hydrogens is 332 g/mol. The first-order valence-electron chi connectivity index (χ1n) is 8.09. The minimum absolute atomic E-state index is 0.241. The fourth-order valence-corrected chi connectivity index (χ4v) is 2.58. The molecule has 0 spiro atoms. The van der Waals surface area contributed by atoms with Crippen LogP contribution >= 0.6 is 12.2 Å². The van der Waals surface area contributed by atoms with Gasteiger partial charge in [-0.25, -0.2) is 0 Å². The Bertz CT molecular complexity index is 726. The van der Waals surface area contributed by atoms with Crippen LogP contribution in [0.5, 0.6) is 0 Å². The van der Waals surface area contributed by atoms with E-state index in [0.29, 0.717) is 6.61 Å². The molecule has 0 aliphatic carbocycles. The third-order valence-corrected chi connectivity index (χ3v) is 3.83. The van der Waals surface area contributed by atoms with Gasteiger partial charge in [0.05, 0.1) is 6.61 Å². The van der Waals surface area contributed by atoms with Gasteiger partial charge in [0, 0.05) is 5.69 Å². The summed E-state index contributed by atoms with van der Waals surface area (Å²) in [5.74, 6) is 0.241. The highest BCUT2D eigenvalue weighted by molar-refractivity contribution is 7.80. The summed E-state index contributed by atoms with van der Waals surface area (Å²) in [5, 5.41) is 6.37. The molecule has 0 bridgehead atoms. The van der Waals surface area contributed by atoms with Gasteiger partial charge in [0.15, 0.2) is 5.11 Å². The quantitative estimate of drug-likeness (QED) is 0.331. The first kappa shape index (κ1) is 18.9. The fourth-order valence-electron chi connectivity index (χ4n) is 2.32. The molecular formula is C19H24N4OS. The average Bonchev–Trinajstić information content (AvgIpc) is 2.57. The number of guanidine groups is 1. The number of benzene rings is 2. The summed E-state index contributed by atoms with van der Waals surface area (Å²) in [6.07, 6.45) is -0.274. The van der Waals surface area contributed by atoms with Gasteiger partial charge in [0.25, 0.3) is 0 Å². The zero-order chi connectivity index (χ0) is 18.2. The predicted octanol–water partition coefficient (Wildman–Crippen LogP) is 3.47. The Kier molecular flexibility index (Phi) is 6.91. The first-order valence-corrected chi connectivity index (χ1v) is 8.50. The van der Waals surface area contributed by atoms with Crippen molar-refractivity contribution in [1.82, 2.24) is 5.32 Å². The summed E-state index contributed by atoms with van der Waals surface area (Å²) in [4.78, 5) is 4.17. The molecule has 0 saturated heterocycles. The van der Waals surface area contributed by atoms with E-state index < -0.39 is 0 Å². The highest BCUT2D eigenvalue weighted by Gasteiger charge is 2.06. The standard InChI is InChI=1S/C19H24N4OS/c1-13-8-7-9-14(2)17(13)22-18(20)23-19(25)21-15(3)24-12-16-10-5-4-6-11-16/h4-11,15H,12H2,1-3H3,(H4,20,21,22,23,25).